The van der Waals surface area contributed by atoms with Gasteiger partial charge < -0.3 is 4.57 Å². The molecule has 0 spiro atoms. The van der Waals surface area contributed by atoms with Crippen molar-refractivity contribution in [2.24, 2.45) is 7.05 Å². The highest BCUT2D eigenvalue weighted by atomic mass is 32.2. The lowest BCUT2D eigenvalue weighted by atomic mass is 10.2. The van der Waals surface area contributed by atoms with E-state index in [4.69, 9.17) is 12.2 Å². The number of carbonyl (C=O) groups excluding carboxylic acids is 1. The molecule has 0 atom stereocenters. The van der Waals surface area contributed by atoms with Gasteiger partial charge >= 0.3 is 0 Å². The summed E-state index contributed by atoms with van der Waals surface area (Å²) in [6, 6.07) is 5.89. The molecule has 118 valence electrons. The van der Waals surface area contributed by atoms with Gasteiger partial charge in [-0.2, -0.15) is 0 Å². The van der Waals surface area contributed by atoms with Crippen LogP contribution >= 0.6 is 24.0 Å². The first-order valence-electron chi connectivity index (χ1n) is 7.24. The topological polar surface area (TPSA) is 38.1 Å². The number of hydrogen-bond acceptors (Lipinski definition) is 4. The van der Waals surface area contributed by atoms with Crippen molar-refractivity contribution in [3.05, 3.63) is 58.0 Å². The zero-order valence-corrected chi connectivity index (χ0v) is 14.9. The van der Waals surface area contributed by atoms with Crippen molar-refractivity contribution < 1.29 is 4.79 Å². The average Bonchev–Trinajstić information content (AvgIpc) is 2.94. The molecule has 6 heteroatoms. The Morgan fingerprint density at radius 2 is 2.17 bits per heavy atom. The lowest BCUT2D eigenvalue weighted by Crippen LogP contribution is -2.27. The molecule has 1 aliphatic heterocycles. The van der Waals surface area contributed by atoms with Crippen LogP contribution < -0.4 is 0 Å². The molecule has 2 aromatic rings. The van der Waals surface area contributed by atoms with E-state index in [2.05, 4.69) is 29.5 Å². The number of amides is 1. The second-order valence-corrected chi connectivity index (χ2v) is 7.19. The fraction of sp³-hybridized carbons (Fsp3) is 0.235. The zero-order chi connectivity index (χ0) is 16.6. The molecule has 3 rings (SSSR count). The monoisotopic (exact) mass is 343 g/mol. The molecule has 1 aliphatic rings. The standard InChI is InChI=1S/C17H17N3OS2/c1-11-7-14(12(2)19(11)3)8-15-16(21)20(17(22)23-15)10-13-5-4-6-18-9-13/h4-9H,10H2,1-3H3/b15-8-. The minimum Gasteiger partial charge on any atom is -0.352 e. The molecule has 0 N–H and O–H groups in total. The quantitative estimate of drug-likeness (QED) is 0.632. The van der Waals surface area contributed by atoms with E-state index >= 15 is 0 Å². The van der Waals surface area contributed by atoms with Crippen LogP contribution in [0.1, 0.15) is 22.5 Å². The molecule has 0 saturated carbocycles. The Kier molecular flexibility index (Phi) is 4.37. The Morgan fingerprint density at radius 1 is 1.39 bits per heavy atom. The fourth-order valence-corrected chi connectivity index (χ4v) is 3.73. The third kappa shape index (κ3) is 3.09. The van der Waals surface area contributed by atoms with Gasteiger partial charge in [-0.3, -0.25) is 14.7 Å². The van der Waals surface area contributed by atoms with E-state index in [1.54, 1.807) is 17.3 Å². The van der Waals surface area contributed by atoms with E-state index < -0.39 is 0 Å². The molecule has 0 unspecified atom stereocenters. The minimum absolute atomic E-state index is 0.0373. The van der Waals surface area contributed by atoms with Gasteiger partial charge in [0.15, 0.2) is 0 Å². The highest BCUT2D eigenvalue weighted by Crippen LogP contribution is 2.34. The summed E-state index contributed by atoms with van der Waals surface area (Å²) in [4.78, 5) is 19.0. The molecule has 2 aromatic heterocycles. The van der Waals surface area contributed by atoms with Crippen LogP contribution in [-0.4, -0.2) is 24.7 Å². The van der Waals surface area contributed by atoms with Gasteiger partial charge in [0.2, 0.25) is 0 Å². The molecule has 1 saturated heterocycles. The second kappa shape index (κ2) is 6.29. The third-order valence-corrected chi connectivity index (χ3v) is 5.42. The SMILES string of the molecule is Cc1cc(/C=C2\SC(=S)N(Cc3cccnc3)C2=O)c(C)n1C. The number of hydrogen-bond donors (Lipinski definition) is 0. The van der Waals surface area contributed by atoms with Gasteiger partial charge in [-0.05, 0) is 43.2 Å². The normalized spacial score (nSPS) is 16.7. The largest absolute Gasteiger partial charge is 0.352 e. The average molecular weight is 343 g/mol. The van der Waals surface area contributed by atoms with Crippen molar-refractivity contribution in [1.82, 2.24) is 14.5 Å². The lowest BCUT2D eigenvalue weighted by molar-refractivity contribution is -0.122. The number of nitrogens with zero attached hydrogens (tertiary/aromatic N) is 3. The Bertz CT molecular complexity index is 809. The highest BCUT2D eigenvalue weighted by molar-refractivity contribution is 8.26. The second-order valence-electron chi connectivity index (χ2n) is 5.51. The molecule has 0 aliphatic carbocycles. The molecule has 0 bridgehead atoms. The molecule has 0 aromatic carbocycles. The Labute approximate surface area is 145 Å². The molecule has 1 amide bonds. The van der Waals surface area contributed by atoms with Gasteiger partial charge in [0.05, 0.1) is 11.4 Å². The van der Waals surface area contributed by atoms with E-state index in [-0.39, 0.29) is 5.91 Å². The third-order valence-electron chi connectivity index (χ3n) is 4.04. The van der Waals surface area contributed by atoms with Gasteiger partial charge in [0, 0.05) is 30.8 Å². The predicted molar refractivity (Wildman–Crippen MR) is 97.8 cm³/mol. The Balaban J connectivity index is 1.86. The highest BCUT2D eigenvalue weighted by Gasteiger charge is 2.32. The molecule has 3 heterocycles. The number of rotatable bonds is 3. The number of aryl methyl sites for hydroxylation is 1. The van der Waals surface area contributed by atoms with E-state index in [9.17, 15) is 4.79 Å². The van der Waals surface area contributed by atoms with Crippen molar-refractivity contribution in [2.75, 3.05) is 0 Å². The summed E-state index contributed by atoms with van der Waals surface area (Å²) in [7, 11) is 2.02. The predicted octanol–water partition coefficient (Wildman–Crippen LogP) is 3.44. The molecule has 23 heavy (non-hydrogen) atoms. The number of thiocarbonyl (C=S) groups is 1. The van der Waals surface area contributed by atoms with Gasteiger partial charge in [0.1, 0.15) is 4.32 Å². The summed E-state index contributed by atoms with van der Waals surface area (Å²) in [5.74, 6) is -0.0373. The van der Waals surface area contributed by atoms with Crippen molar-refractivity contribution >= 4 is 40.3 Å². The molecule has 1 fully saturated rings. The van der Waals surface area contributed by atoms with Gasteiger partial charge in [-0.1, -0.05) is 30.0 Å². The summed E-state index contributed by atoms with van der Waals surface area (Å²) in [5, 5.41) is 0. The molecule has 0 radical (unpaired) electrons. The summed E-state index contributed by atoms with van der Waals surface area (Å²) in [6.07, 6.45) is 5.41. The van der Waals surface area contributed by atoms with Gasteiger partial charge in [0.25, 0.3) is 5.91 Å². The maximum atomic E-state index is 12.6. The van der Waals surface area contributed by atoms with Crippen LogP contribution in [0.3, 0.4) is 0 Å². The van der Waals surface area contributed by atoms with E-state index in [1.165, 1.54) is 17.5 Å². The number of thioether (sulfide) groups is 1. The summed E-state index contributed by atoms with van der Waals surface area (Å²) < 4.78 is 2.71. The molecular weight excluding hydrogens is 326 g/mol. The first kappa shape index (κ1) is 16.0. The first-order valence-corrected chi connectivity index (χ1v) is 8.47. The Hall–Kier alpha value is -1.92. The summed E-state index contributed by atoms with van der Waals surface area (Å²) >= 11 is 6.73. The van der Waals surface area contributed by atoms with E-state index in [0.717, 1.165) is 16.8 Å². The van der Waals surface area contributed by atoms with Crippen molar-refractivity contribution in [1.29, 1.82) is 0 Å². The van der Waals surface area contributed by atoms with Crippen LogP contribution in [0, 0.1) is 13.8 Å². The van der Waals surface area contributed by atoms with Crippen LogP contribution in [0.25, 0.3) is 6.08 Å². The van der Waals surface area contributed by atoms with E-state index in [0.29, 0.717) is 15.8 Å². The first-order chi connectivity index (χ1) is 11.0. The molecule has 4 nitrogen and oxygen atoms in total. The maximum Gasteiger partial charge on any atom is 0.266 e. The lowest BCUT2D eigenvalue weighted by Gasteiger charge is -2.13. The number of pyridine rings is 1. The zero-order valence-electron chi connectivity index (χ0n) is 13.2. The Morgan fingerprint density at radius 3 is 2.78 bits per heavy atom. The van der Waals surface area contributed by atoms with E-state index in [1.807, 2.05) is 25.3 Å². The van der Waals surface area contributed by atoms with Crippen molar-refractivity contribution in [3.8, 4) is 0 Å². The smallest absolute Gasteiger partial charge is 0.266 e. The summed E-state index contributed by atoms with van der Waals surface area (Å²) in [5.41, 5.74) is 4.34. The van der Waals surface area contributed by atoms with Crippen LogP contribution in [0.4, 0.5) is 0 Å². The van der Waals surface area contributed by atoms with Crippen LogP contribution in [0.2, 0.25) is 0 Å². The van der Waals surface area contributed by atoms with Crippen LogP contribution in [0.5, 0.6) is 0 Å². The minimum atomic E-state index is -0.0373. The summed E-state index contributed by atoms with van der Waals surface area (Å²) in [6.45, 7) is 4.57. The maximum absolute atomic E-state index is 12.6. The number of aromatic nitrogens is 2. The van der Waals surface area contributed by atoms with Crippen LogP contribution in [0.15, 0.2) is 35.5 Å². The molecular formula is C17H17N3OS2. The number of carbonyl (C=O) groups is 1. The fourth-order valence-electron chi connectivity index (χ4n) is 2.48. The van der Waals surface area contributed by atoms with Crippen molar-refractivity contribution in [2.45, 2.75) is 20.4 Å². The van der Waals surface area contributed by atoms with Crippen molar-refractivity contribution in [3.63, 3.8) is 0 Å². The van der Waals surface area contributed by atoms with Crippen LogP contribution in [-0.2, 0) is 18.4 Å². The van der Waals surface area contributed by atoms with Gasteiger partial charge in [-0.25, -0.2) is 0 Å². The van der Waals surface area contributed by atoms with Gasteiger partial charge in [-0.15, -0.1) is 0 Å².